The van der Waals surface area contributed by atoms with Crippen molar-refractivity contribution in [3.63, 3.8) is 0 Å². The zero-order valence-electron chi connectivity index (χ0n) is 18.1. The molecule has 1 aromatic heterocycles. The van der Waals surface area contributed by atoms with Crippen LogP contribution in [0.15, 0.2) is 36.4 Å². The number of benzene rings is 2. The van der Waals surface area contributed by atoms with Crippen LogP contribution in [0.3, 0.4) is 0 Å². The number of ether oxygens (including phenoxy) is 1. The number of hydrogen-bond acceptors (Lipinski definition) is 3. The lowest BCUT2D eigenvalue weighted by Crippen LogP contribution is -2.57. The second-order valence-corrected chi connectivity index (χ2v) is 10.1. The number of aliphatic carboxylic acids is 1. The normalized spacial score (nSPS) is 26.6. The van der Waals surface area contributed by atoms with Gasteiger partial charge in [0.05, 0.1) is 23.1 Å². The van der Waals surface area contributed by atoms with Crippen molar-refractivity contribution in [3.05, 3.63) is 59.0 Å². The zero-order chi connectivity index (χ0) is 22.3. The van der Waals surface area contributed by atoms with Crippen LogP contribution in [0.5, 0.6) is 5.75 Å². The molecule has 1 aliphatic carbocycles. The number of carboxylic acid groups (broad SMARTS) is 1. The molecule has 162 valence electrons. The number of phenols is 1. The Morgan fingerprint density at radius 3 is 2.48 bits per heavy atom. The van der Waals surface area contributed by atoms with Crippen LogP contribution in [0.4, 0.5) is 4.39 Å². The number of carboxylic acids is 1. The monoisotopic (exact) mass is 423 g/mol. The van der Waals surface area contributed by atoms with Crippen molar-refractivity contribution in [1.82, 2.24) is 4.57 Å². The minimum absolute atomic E-state index is 0.140. The van der Waals surface area contributed by atoms with Gasteiger partial charge in [0, 0.05) is 27.7 Å². The molecule has 1 spiro atoms. The first-order valence-electron chi connectivity index (χ1n) is 10.5. The third kappa shape index (κ3) is 2.67. The van der Waals surface area contributed by atoms with Gasteiger partial charge in [-0.25, -0.2) is 4.39 Å². The van der Waals surface area contributed by atoms with E-state index in [0.29, 0.717) is 25.0 Å². The average molecular weight is 423 g/mol. The maximum atomic E-state index is 14.0. The van der Waals surface area contributed by atoms with Crippen LogP contribution in [0.1, 0.15) is 50.4 Å². The fourth-order valence-electron chi connectivity index (χ4n) is 5.52. The molecule has 0 radical (unpaired) electrons. The van der Waals surface area contributed by atoms with Crippen LogP contribution in [-0.4, -0.2) is 27.4 Å². The van der Waals surface area contributed by atoms with Gasteiger partial charge < -0.3 is 19.5 Å². The molecule has 5 rings (SSSR count). The molecule has 1 aliphatic heterocycles. The van der Waals surface area contributed by atoms with Crippen LogP contribution in [0, 0.1) is 18.2 Å². The number of halogens is 1. The molecule has 5 nitrogen and oxygen atoms in total. The minimum Gasteiger partial charge on any atom is -0.508 e. The maximum Gasteiger partial charge on any atom is 0.309 e. The Morgan fingerprint density at radius 2 is 1.84 bits per heavy atom. The van der Waals surface area contributed by atoms with E-state index in [0.717, 1.165) is 27.8 Å². The Morgan fingerprint density at radius 1 is 1.13 bits per heavy atom. The van der Waals surface area contributed by atoms with Crippen molar-refractivity contribution >= 4 is 16.9 Å². The van der Waals surface area contributed by atoms with Crippen molar-refractivity contribution in [2.45, 2.75) is 51.6 Å². The Kier molecular flexibility index (Phi) is 3.95. The molecule has 2 aliphatic rings. The number of fused-ring (bicyclic) bond motifs is 4. The highest BCUT2D eigenvalue weighted by Gasteiger charge is 2.62. The molecule has 0 unspecified atom stereocenters. The Balaban J connectivity index is 1.85. The SMILES string of the molecule is Cc1cc(-n2c3c(c4cc(O)ccc42)C2(CC(C)(C(=O)O)C2)OCC3(C)C)ccc1F. The van der Waals surface area contributed by atoms with Crippen molar-refractivity contribution < 1.29 is 24.1 Å². The number of hydrogen-bond donors (Lipinski definition) is 2. The highest BCUT2D eigenvalue weighted by atomic mass is 19.1. The lowest BCUT2D eigenvalue weighted by atomic mass is 9.55. The summed E-state index contributed by atoms with van der Waals surface area (Å²) in [5, 5.41) is 20.8. The number of aromatic nitrogens is 1. The summed E-state index contributed by atoms with van der Waals surface area (Å²) in [5.41, 5.74) is 2.30. The molecular weight excluding hydrogens is 397 g/mol. The second kappa shape index (κ2) is 6.10. The number of aryl methyl sites for hydroxylation is 1. The summed E-state index contributed by atoms with van der Waals surface area (Å²) in [4.78, 5) is 11.8. The molecule has 0 atom stereocenters. The van der Waals surface area contributed by atoms with Gasteiger partial charge in [0.2, 0.25) is 0 Å². The molecular formula is C25H26FNO4. The first kappa shape index (κ1) is 20.1. The van der Waals surface area contributed by atoms with Gasteiger partial charge in [-0.2, -0.15) is 0 Å². The Bertz CT molecular complexity index is 1250. The highest BCUT2D eigenvalue weighted by molar-refractivity contribution is 5.91. The molecule has 2 aromatic carbocycles. The summed E-state index contributed by atoms with van der Waals surface area (Å²) in [5.74, 6) is -0.947. The summed E-state index contributed by atoms with van der Waals surface area (Å²) < 4.78 is 22.6. The molecule has 2 N–H and O–H groups in total. The van der Waals surface area contributed by atoms with Crippen LogP contribution in [0.25, 0.3) is 16.6 Å². The van der Waals surface area contributed by atoms with Crippen LogP contribution >= 0.6 is 0 Å². The van der Waals surface area contributed by atoms with Crippen LogP contribution in [0.2, 0.25) is 0 Å². The van der Waals surface area contributed by atoms with Crippen LogP contribution < -0.4 is 0 Å². The van der Waals surface area contributed by atoms with E-state index in [-0.39, 0.29) is 17.0 Å². The number of aromatic hydroxyl groups is 1. The third-order valence-corrected chi connectivity index (χ3v) is 7.02. The van der Waals surface area contributed by atoms with E-state index >= 15 is 0 Å². The Labute approximate surface area is 180 Å². The van der Waals surface area contributed by atoms with Crippen molar-refractivity contribution in [2.24, 2.45) is 5.41 Å². The van der Waals surface area contributed by atoms with Crippen LogP contribution in [-0.2, 0) is 20.5 Å². The molecule has 2 heterocycles. The van der Waals surface area contributed by atoms with Gasteiger partial charge in [-0.15, -0.1) is 0 Å². The summed E-state index contributed by atoms with van der Waals surface area (Å²) in [6.45, 7) is 8.13. The first-order chi connectivity index (χ1) is 14.5. The Hall–Kier alpha value is -2.86. The fourth-order valence-corrected chi connectivity index (χ4v) is 5.52. The van der Waals surface area contributed by atoms with Gasteiger partial charge in [0.1, 0.15) is 11.6 Å². The van der Waals surface area contributed by atoms with E-state index in [1.807, 2.05) is 12.1 Å². The maximum absolute atomic E-state index is 14.0. The summed E-state index contributed by atoms with van der Waals surface area (Å²) in [6.07, 6.45) is 0.741. The third-order valence-electron chi connectivity index (χ3n) is 7.02. The molecule has 0 amide bonds. The van der Waals surface area contributed by atoms with E-state index in [4.69, 9.17) is 4.74 Å². The summed E-state index contributed by atoms with van der Waals surface area (Å²) in [7, 11) is 0. The number of nitrogens with zero attached hydrogens (tertiary/aromatic N) is 1. The number of rotatable bonds is 2. The van der Waals surface area contributed by atoms with E-state index < -0.39 is 17.0 Å². The molecule has 31 heavy (non-hydrogen) atoms. The average Bonchev–Trinajstić information content (AvgIpc) is 3.02. The molecule has 0 saturated heterocycles. The lowest BCUT2D eigenvalue weighted by molar-refractivity contribution is -0.205. The number of carbonyl (C=O) groups is 1. The largest absolute Gasteiger partial charge is 0.508 e. The standard InChI is InChI=1S/C25H26FNO4/c1-14-9-15(5-7-18(14)26)27-19-8-6-16(28)10-17(19)20-21(27)23(2,3)13-31-25(20)11-24(4,12-25)22(29)30/h5-10,28H,11-13H2,1-4H3,(H,29,30). The molecule has 3 aromatic rings. The van der Waals surface area contributed by atoms with Crippen molar-refractivity contribution in [2.75, 3.05) is 6.61 Å². The molecule has 6 heteroatoms. The predicted octanol–water partition coefficient (Wildman–Crippen LogP) is 5.17. The molecule has 1 saturated carbocycles. The predicted molar refractivity (Wildman–Crippen MR) is 115 cm³/mol. The fraction of sp³-hybridized carbons (Fsp3) is 0.400. The zero-order valence-corrected chi connectivity index (χ0v) is 18.1. The van der Waals surface area contributed by atoms with Gasteiger partial charge in [0.25, 0.3) is 0 Å². The summed E-state index contributed by atoms with van der Waals surface area (Å²) >= 11 is 0. The van der Waals surface area contributed by atoms with Gasteiger partial charge in [0.15, 0.2) is 0 Å². The second-order valence-electron chi connectivity index (χ2n) is 10.1. The molecule has 1 fully saturated rings. The summed E-state index contributed by atoms with van der Waals surface area (Å²) in [6, 6.07) is 10.3. The van der Waals surface area contributed by atoms with E-state index in [1.165, 1.54) is 6.07 Å². The topological polar surface area (TPSA) is 71.7 Å². The lowest BCUT2D eigenvalue weighted by Gasteiger charge is -2.56. The van der Waals surface area contributed by atoms with Gasteiger partial charge >= 0.3 is 5.97 Å². The first-order valence-corrected chi connectivity index (χ1v) is 10.5. The van der Waals surface area contributed by atoms with Crippen molar-refractivity contribution in [3.8, 4) is 11.4 Å². The van der Waals surface area contributed by atoms with Gasteiger partial charge in [-0.05, 0) is 68.7 Å². The van der Waals surface area contributed by atoms with E-state index in [2.05, 4.69) is 18.4 Å². The van der Waals surface area contributed by atoms with Gasteiger partial charge in [-0.1, -0.05) is 13.8 Å². The number of phenolic OH excluding ortho intramolecular Hbond substituents is 1. The minimum atomic E-state index is -0.851. The highest BCUT2D eigenvalue weighted by Crippen LogP contribution is 2.62. The smallest absolute Gasteiger partial charge is 0.309 e. The molecule has 0 bridgehead atoms. The van der Waals surface area contributed by atoms with Crippen molar-refractivity contribution in [1.29, 1.82) is 0 Å². The quantitative estimate of drug-likeness (QED) is 0.596. The van der Waals surface area contributed by atoms with E-state index in [9.17, 15) is 19.4 Å². The van der Waals surface area contributed by atoms with Gasteiger partial charge in [-0.3, -0.25) is 4.79 Å². The van der Waals surface area contributed by atoms with E-state index in [1.54, 1.807) is 32.0 Å².